The van der Waals surface area contributed by atoms with E-state index in [2.05, 4.69) is 10.5 Å². The largest absolute Gasteiger partial charge is 0.493 e. The highest BCUT2D eigenvalue weighted by molar-refractivity contribution is 8.00. The average molecular weight is 435 g/mol. The zero-order chi connectivity index (χ0) is 22.1. The lowest BCUT2D eigenvalue weighted by molar-refractivity contribution is -0.120. The van der Waals surface area contributed by atoms with Crippen LogP contribution in [0, 0.1) is 6.92 Å². The lowest BCUT2D eigenvalue weighted by atomic mass is 10.2. The van der Waals surface area contributed by atoms with E-state index in [1.807, 2.05) is 86.6 Å². The first-order valence-electron chi connectivity index (χ1n) is 9.96. The van der Waals surface area contributed by atoms with E-state index in [0.717, 1.165) is 16.0 Å². The van der Waals surface area contributed by atoms with E-state index in [4.69, 9.17) is 9.47 Å². The number of nitrogens with zero attached hydrogens (tertiary/aromatic N) is 1. The van der Waals surface area contributed by atoms with Gasteiger partial charge in [0.1, 0.15) is 6.61 Å². The highest BCUT2D eigenvalue weighted by Crippen LogP contribution is 2.28. The van der Waals surface area contributed by atoms with Gasteiger partial charge in [0.25, 0.3) is 5.91 Å². The lowest BCUT2D eigenvalue weighted by Crippen LogP contribution is -2.26. The van der Waals surface area contributed by atoms with Crippen LogP contribution in [-0.2, 0) is 11.4 Å². The van der Waals surface area contributed by atoms with Gasteiger partial charge in [-0.25, -0.2) is 5.43 Å². The third-order valence-corrected chi connectivity index (χ3v) is 5.63. The van der Waals surface area contributed by atoms with Crippen molar-refractivity contribution >= 4 is 23.9 Å². The molecule has 0 saturated heterocycles. The van der Waals surface area contributed by atoms with Gasteiger partial charge in [-0.15, -0.1) is 11.8 Å². The van der Waals surface area contributed by atoms with E-state index in [0.29, 0.717) is 18.1 Å². The first-order valence-corrected chi connectivity index (χ1v) is 10.8. The fourth-order valence-corrected chi connectivity index (χ4v) is 3.62. The van der Waals surface area contributed by atoms with Crippen molar-refractivity contribution in [2.45, 2.75) is 30.6 Å². The van der Waals surface area contributed by atoms with Crippen LogP contribution >= 0.6 is 11.8 Å². The van der Waals surface area contributed by atoms with E-state index in [1.165, 1.54) is 17.3 Å². The highest BCUT2D eigenvalue weighted by atomic mass is 32.2. The van der Waals surface area contributed by atoms with Crippen molar-refractivity contribution in [2.24, 2.45) is 5.10 Å². The maximum absolute atomic E-state index is 12.3. The molecule has 6 heteroatoms. The minimum absolute atomic E-state index is 0.156. The quantitative estimate of drug-likeness (QED) is 0.285. The summed E-state index contributed by atoms with van der Waals surface area (Å²) in [5.74, 6) is 1.10. The van der Waals surface area contributed by atoms with E-state index in [1.54, 1.807) is 13.3 Å². The van der Waals surface area contributed by atoms with Crippen LogP contribution in [0.1, 0.15) is 23.6 Å². The molecule has 160 valence electrons. The first-order chi connectivity index (χ1) is 15.0. The van der Waals surface area contributed by atoms with Crippen molar-refractivity contribution in [1.82, 2.24) is 5.43 Å². The Bertz CT molecular complexity index is 1020. The number of rotatable bonds is 9. The Morgan fingerprint density at radius 3 is 2.52 bits per heavy atom. The second-order valence-electron chi connectivity index (χ2n) is 6.99. The van der Waals surface area contributed by atoms with Gasteiger partial charge in [0.2, 0.25) is 0 Å². The van der Waals surface area contributed by atoms with E-state index >= 15 is 0 Å². The molecule has 0 fully saturated rings. The van der Waals surface area contributed by atoms with Gasteiger partial charge in [0.15, 0.2) is 11.5 Å². The number of hydrogen-bond donors (Lipinski definition) is 1. The number of benzene rings is 3. The number of hydrogen-bond acceptors (Lipinski definition) is 5. The minimum atomic E-state index is -0.261. The van der Waals surface area contributed by atoms with Gasteiger partial charge in [0, 0.05) is 4.90 Å². The molecule has 0 heterocycles. The lowest BCUT2D eigenvalue weighted by Gasteiger charge is -2.11. The summed E-state index contributed by atoms with van der Waals surface area (Å²) in [6, 6.07) is 23.6. The number of ether oxygens (including phenoxy) is 2. The number of thioether (sulfide) groups is 1. The maximum Gasteiger partial charge on any atom is 0.253 e. The molecule has 0 unspecified atom stereocenters. The van der Waals surface area contributed by atoms with Crippen LogP contribution in [0.25, 0.3) is 0 Å². The number of hydrazone groups is 1. The third kappa shape index (κ3) is 6.89. The monoisotopic (exact) mass is 434 g/mol. The molecule has 0 aromatic heterocycles. The molecule has 5 nitrogen and oxygen atoms in total. The van der Waals surface area contributed by atoms with Gasteiger partial charge < -0.3 is 9.47 Å². The molecule has 0 aliphatic carbocycles. The molecule has 0 aliphatic rings. The molecule has 0 spiro atoms. The molecule has 3 rings (SSSR count). The molecule has 1 N–H and O–H groups in total. The third-order valence-electron chi connectivity index (χ3n) is 4.52. The Kier molecular flexibility index (Phi) is 8.12. The smallest absolute Gasteiger partial charge is 0.253 e. The van der Waals surface area contributed by atoms with Gasteiger partial charge in [-0.1, -0.05) is 48.0 Å². The van der Waals surface area contributed by atoms with Gasteiger partial charge in [-0.05, 0) is 55.3 Å². The van der Waals surface area contributed by atoms with Gasteiger partial charge in [0.05, 0.1) is 18.6 Å². The Hall–Kier alpha value is -3.25. The fraction of sp³-hybridized carbons (Fsp3) is 0.200. The molecule has 0 bridgehead atoms. The summed E-state index contributed by atoms with van der Waals surface area (Å²) in [7, 11) is 1.59. The Balaban J connectivity index is 1.54. The maximum atomic E-state index is 12.3. The standard InChI is InChI=1S/C25H26N2O3S/c1-18-9-12-22(13-10-18)31-19(2)25(28)27-26-16-21-11-14-23(24(15-21)29-3)30-17-20-7-5-4-6-8-20/h4-16,19H,17H2,1-3H3,(H,27,28)/b26-16-/t19-/m0/s1. The van der Waals surface area contributed by atoms with Crippen molar-refractivity contribution < 1.29 is 14.3 Å². The van der Waals surface area contributed by atoms with E-state index in [9.17, 15) is 4.79 Å². The van der Waals surface area contributed by atoms with Crippen LogP contribution in [0.3, 0.4) is 0 Å². The molecule has 3 aromatic rings. The second-order valence-corrected chi connectivity index (χ2v) is 8.41. The number of aryl methyl sites for hydroxylation is 1. The van der Waals surface area contributed by atoms with Crippen LogP contribution < -0.4 is 14.9 Å². The van der Waals surface area contributed by atoms with Crippen molar-refractivity contribution in [1.29, 1.82) is 0 Å². The molecule has 0 radical (unpaired) electrons. The number of carbonyl (C=O) groups is 1. The normalized spacial score (nSPS) is 11.8. The van der Waals surface area contributed by atoms with Gasteiger partial charge >= 0.3 is 0 Å². The Morgan fingerprint density at radius 2 is 1.81 bits per heavy atom. The predicted molar refractivity (Wildman–Crippen MR) is 126 cm³/mol. The SMILES string of the molecule is COc1cc(/C=N\NC(=O)[C@H](C)Sc2ccc(C)cc2)ccc1OCc1ccccc1. The zero-order valence-corrected chi connectivity index (χ0v) is 18.7. The van der Waals surface area contributed by atoms with Crippen LogP contribution in [-0.4, -0.2) is 24.5 Å². The minimum Gasteiger partial charge on any atom is -0.493 e. The van der Waals surface area contributed by atoms with Crippen molar-refractivity contribution in [2.75, 3.05) is 7.11 Å². The summed E-state index contributed by atoms with van der Waals surface area (Å²) < 4.78 is 11.3. The first kappa shape index (κ1) is 22.4. The summed E-state index contributed by atoms with van der Waals surface area (Å²) in [5, 5.41) is 3.82. The summed E-state index contributed by atoms with van der Waals surface area (Å²) >= 11 is 1.50. The van der Waals surface area contributed by atoms with Crippen molar-refractivity contribution in [3.63, 3.8) is 0 Å². The van der Waals surface area contributed by atoms with Crippen molar-refractivity contribution in [3.05, 3.63) is 89.5 Å². The van der Waals surface area contributed by atoms with Crippen LogP contribution in [0.2, 0.25) is 0 Å². The van der Waals surface area contributed by atoms with Crippen LogP contribution in [0.15, 0.2) is 82.8 Å². The number of methoxy groups -OCH3 is 1. The summed E-state index contributed by atoms with van der Waals surface area (Å²) in [5.41, 5.74) is 5.67. The summed E-state index contributed by atoms with van der Waals surface area (Å²) in [4.78, 5) is 13.4. The molecular formula is C25H26N2O3S. The molecule has 1 amide bonds. The van der Waals surface area contributed by atoms with Crippen LogP contribution in [0.4, 0.5) is 0 Å². The van der Waals surface area contributed by atoms with E-state index in [-0.39, 0.29) is 11.2 Å². The van der Waals surface area contributed by atoms with Gasteiger partial charge in [-0.3, -0.25) is 4.79 Å². The van der Waals surface area contributed by atoms with Crippen LogP contribution in [0.5, 0.6) is 11.5 Å². The zero-order valence-electron chi connectivity index (χ0n) is 17.9. The highest BCUT2D eigenvalue weighted by Gasteiger charge is 2.13. The molecule has 3 aromatic carbocycles. The molecule has 31 heavy (non-hydrogen) atoms. The number of carbonyl (C=O) groups excluding carboxylic acids is 1. The molecule has 1 atom stereocenters. The summed E-state index contributed by atoms with van der Waals surface area (Å²) in [6.45, 7) is 4.35. The second kappa shape index (κ2) is 11.2. The predicted octanol–water partition coefficient (Wildman–Crippen LogP) is 5.21. The number of nitrogens with one attached hydrogen (secondary N) is 1. The number of amides is 1. The molecule has 0 aliphatic heterocycles. The average Bonchev–Trinajstić information content (AvgIpc) is 2.80. The van der Waals surface area contributed by atoms with Gasteiger partial charge in [-0.2, -0.15) is 5.10 Å². The van der Waals surface area contributed by atoms with E-state index < -0.39 is 0 Å². The Morgan fingerprint density at radius 1 is 1.06 bits per heavy atom. The van der Waals surface area contributed by atoms with Crippen molar-refractivity contribution in [3.8, 4) is 11.5 Å². The Labute approximate surface area is 187 Å². The molecular weight excluding hydrogens is 408 g/mol. The summed E-state index contributed by atoms with van der Waals surface area (Å²) in [6.07, 6.45) is 1.59. The fourth-order valence-electron chi connectivity index (χ4n) is 2.75. The topological polar surface area (TPSA) is 59.9 Å². The molecule has 0 saturated carbocycles.